The zero-order valence-electron chi connectivity index (χ0n) is 12.0. The summed E-state index contributed by atoms with van der Waals surface area (Å²) < 4.78 is 1.12. The molecule has 0 aliphatic carbocycles. The molecule has 2 nitrogen and oxygen atoms in total. The SMILES string of the molecule is CCCc1ccc(C(NN)c2ccc(Br)c(C)c2)cc1. The fourth-order valence-electron chi connectivity index (χ4n) is 2.40. The van der Waals surface area contributed by atoms with Crippen LogP contribution in [0.2, 0.25) is 0 Å². The van der Waals surface area contributed by atoms with Gasteiger partial charge < -0.3 is 0 Å². The molecule has 0 radical (unpaired) electrons. The highest BCUT2D eigenvalue weighted by Gasteiger charge is 2.13. The third kappa shape index (κ3) is 3.48. The van der Waals surface area contributed by atoms with Crippen LogP contribution in [0.3, 0.4) is 0 Å². The van der Waals surface area contributed by atoms with Crippen LogP contribution in [0.15, 0.2) is 46.9 Å². The number of benzene rings is 2. The molecule has 3 heteroatoms. The van der Waals surface area contributed by atoms with Gasteiger partial charge in [0, 0.05) is 4.47 Å². The molecular formula is C17H21BrN2. The third-order valence-electron chi connectivity index (χ3n) is 3.53. The van der Waals surface area contributed by atoms with Gasteiger partial charge in [0.1, 0.15) is 0 Å². The van der Waals surface area contributed by atoms with Crippen molar-refractivity contribution in [3.63, 3.8) is 0 Å². The second kappa shape index (κ2) is 7.02. The summed E-state index contributed by atoms with van der Waals surface area (Å²) >= 11 is 3.53. The van der Waals surface area contributed by atoms with Gasteiger partial charge in [-0.15, -0.1) is 0 Å². The normalized spacial score (nSPS) is 12.4. The van der Waals surface area contributed by atoms with Crippen molar-refractivity contribution in [1.82, 2.24) is 5.43 Å². The molecule has 2 aromatic carbocycles. The van der Waals surface area contributed by atoms with Gasteiger partial charge in [-0.2, -0.15) is 0 Å². The van der Waals surface area contributed by atoms with Crippen molar-refractivity contribution in [2.45, 2.75) is 32.7 Å². The van der Waals surface area contributed by atoms with Crippen LogP contribution in [0, 0.1) is 6.92 Å². The van der Waals surface area contributed by atoms with E-state index in [4.69, 9.17) is 5.84 Å². The average Bonchev–Trinajstić information content (AvgIpc) is 2.46. The Morgan fingerprint density at radius 3 is 2.30 bits per heavy atom. The second-order valence-electron chi connectivity index (χ2n) is 5.10. The number of aryl methyl sites for hydroxylation is 2. The number of rotatable bonds is 5. The fraction of sp³-hybridized carbons (Fsp3) is 0.294. The Kier molecular flexibility index (Phi) is 5.35. The molecule has 0 aromatic heterocycles. The molecule has 106 valence electrons. The first kappa shape index (κ1) is 15.2. The van der Waals surface area contributed by atoms with Crippen LogP contribution in [0.5, 0.6) is 0 Å². The molecule has 20 heavy (non-hydrogen) atoms. The van der Waals surface area contributed by atoms with Crippen LogP contribution >= 0.6 is 15.9 Å². The van der Waals surface area contributed by atoms with Crippen molar-refractivity contribution in [1.29, 1.82) is 0 Å². The molecule has 1 atom stereocenters. The molecule has 0 heterocycles. The maximum atomic E-state index is 5.76. The van der Waals surface area contributed by atoms with Crippen molar-refractivity contribution in [3.05, 3.63) is 69.2 Å². The Hall–Kier alpha value is -1.16. The zero-order chi connectivity index (χ0) is 14.5. The maximum absolute atomic E-state index is 5.76. The van der Waals surface area contributed by atoms with Gasteiger partial charge in [0.15, 0.2) is 0 Å². The van der Waals surface area contributed by atoms with E-state index in [0.717, 1.165) is 10.9 Å². The average molecular weight is 333 g/mol. The molecule has 2 rings (SSSR count). The first-order valence-corrected chi connectivity index (χ1v) is 7.76. The number of hydrazine groups is 1. The fourth-order valence-corrected chi connectivity index (χ4v) is 2.64. The molecule has 3 N–H and O–H groups in total. The van der Waals surface area contributed by atoms with Gasteiger partial charge in [0.05, 0.1) is 6.04 Å². The van der Waals surface area contributed by atoms with Gasteiger partial charge >= 0.3 is 0 Å². The molecule has 2 aromatic rings. The summed E-state index contributed by atoms with van der Waals surface area (Å²) in [5.74, 6) is 5.76. The first-order chi connectivity index (χ1) is 9.65. The molecular weight excluding hydrogens is 312 g/mol. The minimum atomic E-state index is 0.0254. The Morgan fingerprint density at radius 1 is 1.10 bits per heavy atom. The van der Waals surface area contributed by atoms with Gasteiger partial charge in [-0.25, -0.2) is 5.43 Å². The minimum absolute atomic E-state index is 0.0254. The molecule has 0 saturated heterocycles. The van der Waals surface area contributed by atoms with Gasteiger partial charge in [-0.1, -0.05) is 65.7 Å². The van der Waals surface area contributed by atoms with E-state index < -0.39 is 0 Å². The zero-order valence-corrected chi connectivity index (χ0v) is 13.6. The molecule has 0 bridgehead atoms. The highest BCUT2D eigenvalue weighted by Crippen LogP contribution is 2.26. The number of nitrogens with one attached hydrogen (secondary N) is 1. The van der Waals surface area contributed by atoms with E-state index in [-0.39, 0.29) is 6.04 Å². The lowest BCUT2D eigenvalue weighted by molar-refractivity contribution is 0.636. The minimum Gasteiger partial charge on any atom is -0.271 e. The van der Waals surface area contributed by atoms with Crippen LogP contribution < -0.4 is 11.3 Å². The number of halogens is 1. The van der Waals surface area contributed by atoms with Crippen molar-refractivity contribution >= 4 is 15.9 Å². The second-order valence-corrected chi connectivity index (χ2v) is 5.95. The van der Waals surface area contributed by atoms with Crippen molar-refractivity contribution in [2.75, 3.05) is 0 Å². The van der Waals surface area contributed by atoms with Crippen molar-refractivity contribution in [3.8, 4) is 0 Å². The summed E-state index contributed by atoms with van der Waals surface area (Å²) in [6.07, 6.45) is 2.29. The van der Waals surface area contributed by atoms with Crippen LogP contribution in [0.25, 0.3) is 0 Å². The smallest absolute Gasteiger partial charge is 0.0710 e. The van der Waals surface area contributed by atoms with E-state index in [0.29, 0.717) is 0 Å². The molecule has 0 spiro atoms. The predicted molar refractivity (Wildman–Crippen MR) is 88.5 cm³/mol. The van der Waals surface area contributed by atoms with E-state index >= 15 is 0 Å². The summed E-state index contributed by atoms with van der Waals surface area (Å²) in [6.45, 7) is 4.29. The highest BCUT2D eigenvalue weighted by atomic mass is 79.9. The van der Waals surface area contributed by atoms with E-state index in [9.17, 15) is 0 Å². The van der Waals surface area contributed by atoms with E-state index in [1.807, 2.05) is 0 Å². The van der Waals surface area contributed by atoms with Gasteiger partial charge in [0.2, 0.25) is 0 Å². The van der Waals surface area contributed by atoms with Crippen LogP contribution in [0.4, 0.5) is 0 Å². The molecule has 0 aliphatic heterocycles. The summed E-state index contributed by atoms with van der Waals surface area (Å²) in [4.78, 5) is 0. The number of nitrogens with two attached hydrogens (primary N) is 1. The van der Waals surface area contributed by atoms with Crippen LogP contribution in [0.1, 0.15) is 41.6 Å². The van der Waals surface area contributed by atoms with E-state index in [1.54, 1.807) is 0 Å². The summed E-state index contributed by atoms with van der Waals surface area (Å²) in [6, 6.07) is 15.1. The Balaban J connectivity index is 2.29. The lowest BCUT2D eigenvalue weighted by Crippen LogP contribution is -2.28. The van der Waals surface area contributed by atoms with Crippen molar-refractivity contribution < 1.29 is 0 Å². The molecule has 1 unspecified atom stereocenters. The standard InChI is InChI=1S/C17H21BrN2/c1-3-4-13-5-7-14(8-6-13)17(20-19)15-9-10-16(18)12(2)11-15/h5-11,17,20H,3-4,19H2,1-2H3. The van der Waals surface area contributed by atoms with Crippen molar-refractivity contribution in [2.24, 2.45) is 5.84 Å². The Morgan fingerprint density at radius 2 is 1.75 bits per heavy atom. The molecule has 0 saturated carbocycles. The molecule has 0 fully saturated rings. The van der Waals surface area contributed by atoms with E-state index in [2.05, 4.69) is 77.7 Å². The lowest BCUT2D eigenvalue weighted by Gasteiger charge is -2.18. The first-order valence-electron chi connectivity index (χ1n) is 6.96. The monoisotopic (exact) mass is 332 g/mol. The molecule has 0 amide bonds. The predicted octanol–water partition coefficient (Wildman–Crippen LogP) is 4.26. The van der Waals surface area contributed by atoms with E-state index in [1.165, 1.54) is 28.7 Å². The summed E-state index contributed by atoms with van der Waals surface area (Å²) in [5.41, 5.74) is 7.87. The Labute approximate surface area is 129 Å². The summed E-state index contributed by atoms with van der Waals surface area (Å²) in [7, 11) is 0. The highest BCUT2D eigenvalue weighted by molar-refractivity contribution is 9.10. The largest absolute Gasteiger partial charge is 0.271 e. The Bertz CT molecular complexity index is 564. The quantitative estimate of drug-likeness (QED) is 0.634. The van der Waals surface area contributed by atoms with Crippen LogP contribution in [-0.2, 0) is 6.42 Å². The third-order valence-corrected chi connectivity index (χ3v) is 4.42. The topological polar surface area (TPSA) is 38.0 Å². The molecule has 0 aliphatic rings. The van der Waals surface area contributed by atoms with Gasteiger partial charge in [0.25, 0.3) is 0 Å². The lowest BCUT2D eigenvalue weighted by atomic mass is 9.96. The maximum Gasteiger partial charge on any atom is 0.0710 e. The van der Waals surface area contributed by atoms with Crippen LogP contribution in [-0.4, -0.2) is 0 Å². The summed E-state index contributed by atoms with van der Waals surface area (Å²) in [5, 5.41) is 0. The van der Waals surface area contributed by atoms with Gasteiger partial charge in [-0.05, 0) is 41.7 Å². The van der Waals surface area contributed by atoms with Gasteiger partial charge in [-0.3, -0.25) is 5.84 Å². The number of hydrogen-bond donors (Lipinski definition) is 2. The number of hydrogen-bond acceptors (Lipinski definition) is 2.